The van der Waals surface area contributed by atoms with Crippen LogP contribution in [0.15, 0.2) is 36.4 Å². The van der Waals surface area contributed by atoms with Crippen LogP contribution in [0.5, 0.6) is 0 Å². The number of hydrogen-bond acceptors (Lipinski definition) is 3. The Kier molecular flexibility index (Phi) is 4.49. The normalized spacial score (nSPS) is 10.8. The van der Waals surface area contributed by atoms with Gasteiger partial charge in [-0.1, -0.05) is 12.1 Å². The Morgan fingerprint density at radius 3 is 2.57 bits per heavy atom. The second-order valence-electron chi connectivity index (χ2n) is 4.34. The standard InChI is InChI=1S/C15H13FN2O2S/c1-9-8-12(14(17)20)15(21-9)18-13(19)7-4-10-2-5-11(16)6-3-10/h2-8H,1H3,(H2,17,20)(H,18,19)/b7-4+. The molecule has 108 valence electrons. The minimum absolute atomic E-state index is 0.293. The number of anilines is 1. The Morgan fingerprint density at radius 2 is 1.95 bits per heavy atom. The summed E-state index contributed by atoms with van der Waals surface area (Å²) in [5.74, 6) is -1.31. The minimum Gasteiger partial charge on any atom is -0.366 e. The highest BCUT2D eigenvalue weighted by molar-refractivity contribution is 7.16. The summed E-state index contributed by atoms with van der Waals surface area (Å²) in [5, 5.41) is 3.04. The lowest BCUT2D eigenvalue weighted by atomic mass is 10.2. The van der Waals surface area contributed by atoms with Gasteiger partial charge in [-0.05, 0) is 36.8 Å². The van der Waals surface area contributed by atoms with Crippen LogP contribution in [0, 0.1) is 12.7 Å². The lowest BCUT2D eigenvalue weighted by Crippen LogP contribution is -2.14. The molecule has 0 saturated carbocycles. The first-order valence-electron chi connectivity index (χ1n) is 6.10. The maximum atomic E-state index is 12.7. The number of rotatable bonds is 4. The predicted octanol–water partition coefficient (Wildman–Crippen LogP) is 2.95. The number of thiophene rings is 1. The van der Waals surface area contributed by atoms with Gasteiger partial charge in [0.2, 0.25) is 5.91 Å². The van der Waals surface area contributed by atoms with E-state index in [1.807, 2.05) is 6.92 Å². The van der Waals surface area contributed by atoms with E-state index in [4.69, 9.17) is 5.73 Å². The van der Waals surface area contributed by atoms with Crippen molar-refractivity contribution in [1.82, 2.24) is 0 Å². The third-order valence-electron chi connectivity index (χ3n) is 2.65. The van der Waals surface area contributed by atoms with E-state index in [0.29, 0.717) is 16.1 Å². The molecule has 6 heteroatoms. The van der Waals surface area contributed by atoms with Crippen LogP contribution in [0.2, 0.25) is 0 Å². The van der Waals surface area contributed by atoms with E-state index < -0.39 is 5.91 Å². The molecule has 2 amide bonds. The van der Waals surface area contributed by atoms with Crippen molar-refractivity contribution < 1.29 is 14.0 Å². The van der Waals surface area contributed by atoms with Crippen LogP contribution >= 0.6 is 11.3 Å². The van der Waals surface area contributed by atoms with Crippen molar-refractivity contribution in [2.24, 2.45) is 5.73 Å². The van der Waals surface area contributed by atoms with E-state index in [2.05, 4.69) is 5.32 Å². The molecule has 2 rings (SSSR count). The Labute approximate surface area is 125 Å². The van der Waals surface area contributed by atoms with Gasteiger partial charge in [0.15, 0.2) is 0 Å². The number of carbonyl (C=O) groups excluding carboxylic acids is 2. The largest absolute Gasteiger partial charge is 0.366 e. The number of hydrogen-bond donors (Lipinski definition) is 2. The van der Waals surface area contributed by atoms with Crippen LogP contribution in [-0.2, 0) is 4.79 Å². The first-order chi connectivity index (χ1) is 9.95. The zero-order chi connectivity index (χ0) is 15.4. The van der Waals surface area contributed by atoms with Crippen molar-refractivity contribution in [3.8, 4) is 0 Å². The molecular weight excluding hydrogens is 291 g/mol. The van der Waals surface area contributed by atoms with E-state index in [9.17, 15) is 14.0 Å². The second kappa shape index (κ2) is 6.32. The summed E-state index contributed by atoms with van der Waals surface area (Å²) in [7, 11) is 0. The molecule has 0 atom stereocenters. The molecule has 1 aromatic carbocycles. The molecule has 0 radical (unpaired) electrons. The van der Waals surface area contributed by atoms with Gasteiger partial charge in [0.1, 0.15) is 10.8 Å². The van der Waals surface area contributed by atoms with Crippen LogP contribution in [0.1, 0.15) is 20.8 Å². The monoisotopic (exact) mass is 304 g/mol. The van der Waals surface area contributed by atoms with Gasteiger partial charge in [0.25, 0.3) is 5.91 Å². The van der Waals surface area contributed by atoms with Gasteiger partial charge in [-0.25, -0.2) is 4.39 Å². The molecule has 1 aromatic heterocycles. The van der Waals surface area contributed by atoms with E-state index in [1.54, 1.807) is 24.3 Å². The quantitative estimate of drug-likeness (QED) is 0.852. The van der Waals surface area contributed by atoms with Gasteiger partial charge in [-0.15, -0.1) is 11.3 Å². The lowest BCUT2D eigenvalue weighted by molar-refractivity contribution is -0.111. The SMILES string of the molecule is Cc1cc(C(N)=O)c(NC(=O)/C=C/c2ccc(F)cc2)s1. The molecule has 0 aliphatic heterocycles. The molecule has 0 aliphatic carbocycles. The van der Waals surface area contributed by atoms with Crippen LogP contribution < -0.4 is 11.1 Å². The van der Waals surface area contributed by atoms with Crippen LogP contribution in [-0.4, -0.2) is 11.8 Å². The summed E-state index contributed by atoms with van der Waals surface area (Å²) in [6.07, 6.45) is 2.87. The van der Waals surface area contributed by atoms with Crippen LogP contribution in [0.3, 0.4) is 0 Å². The third-order valence-corrected chi connectivity index (χ3v) is 3.62. The summed E-state index contributed by atoms with van der Waals surface area (Å²) in [4.78, 5) is 23.9. The number of nitrogens with one attached hydrogen (secondary N) is 1. The molecule has 1 heterocycles. The van der Waals surface area contributed by atoms with Crippen molar-refractivity contribution in [3.63, 3.8) is 0 Å². The van der Waals surface area contributed by atoms with Crippen LogP contribution in [0.4, 0.5) is 9.39 Å². The summed E-state index contributed by atoms with van der Waals surface area (Å²) in [6.45, 7) is 1.82. The zero-order valence-corrected chi connectivity index (χ0v) is 12.0. The fourth-order valence-electron chi connectivity index (χ4n) is 1.69. The third kappa shape index (κ3) is 4.00. The van der Waals surface area contributed by atoms with Gasteiger partial charge in [-0.2, -0.15) is 0 Å². The first kappa shape index (κ1) is 14.9. The highest BCUT2D eigenvalue weighted by atomic mass is 32.1. The average molecular weight is 304 g/mol. The molecule has 0 bridgehead atoms. The molecule has 0 fully saturated rings. The number of primary amides is 1. The Balaban J connectivity index is 2.08. The molecule has 0 aliphatic rings. The number of carbonyl (C=O) groups is 2. The number of benzene rings is 1. The van der Waals surface area contributed by atoms with E-state index >= 15 is 0 Å². The molecule has 0 spiro atoms. The predicted molar refractivity (Wildman–Crippen MR) is 81.6 cm³/mol. The maximum Gasteiger partial charge on any atom is 0.251 e. The molecular formula is C15H13FN2O2S. The molecule has 2 aromatic rings. The number of amides is 2. The highest BCUT2D eigenvalue weighted by Gasteiger charge is 2.13. The molecule has 21 heavy (non-hydrogen) atoms. The molecule has 0 unspecified atom stereocenters. The lowest BCUT2D eigenvalue weighted by Gasteiger charge is -2.00. The van der Waals surface area contributed by atoms with Crippen molar-refractivity contribution in [3.05, 3.63) is 58.2 Å². The number of aryl methyl sites for hydroxylation is 1. The topological polar surface area (TPSA) is 72.2 Å². The van der Waals surface area contributed by atoms with E-state index in [0.717, 1.165) is 4.88 Å². The Morgan fingerprint density at radius 1 is 1.29 bits per heavy atom. The van der Waals surface area contributed by atoms with Crippen molar-refractivity contribution in [2.75, 3.05) is 5.32 Å². The smallest absolute Gasteiger partial charge is 0.251 e. The summed E-state index contributed by atoms with van der Waals surface area (Å²) in [5.41, 5.74) is 6.24. The van der Waals surface area contributed by atoms with Gasteiger partial charge in [0.05, 0.1) is 5.56 Å². The zero-order valence-electron chi connectivity index (χ0n) is 11.2. The van der Waals surface area contributed by atoms with Gasteiger partial charge in [-0.3, -0.25) is 9.59 Å². The van der Waals surface area contributed by atoms with Gasteiger partial charge in [0, 0.05) is 11.0 Å². The molecule has 3 N–H and O–H groups in total. The van der Waals surface area contributed by atoms with Gasteiger partial charge >= 0.3 is 0 Å². The van der Waals surface area contributed by atoms with E-state index in [-0.39, 0.29) is 11.7 Å². The Bertz CT molecular complexity index is 705. The highest BCUT2D eigenvalue weighted by Crippen LogP contribution is 2.27. The Hall–Kier alpha value is -2.47. The van der Waals surface area contributed by atoms with Gasteiger partial charge < -0.3 is 11.1 Å². The second-order valence-corrected chi connectivity index (χ2v) is 5.59. The number of nitrogens with two attached hydrogens (primary N) is 1. The van der Waals surface area contributed by atoms with Crippen molar-refractivity contribution in [2.45, 2.75) is 6.92 Å². The minimum atomic E-state index is -0.586. The first-order valence-corrected chi connectivity index (χ1v) is 6.92. The van der Waals surface area contributed by atoms with Crippen molar-refractivity contribution >= 4 is 34.2 Å². The summed E-state index contributed by atoms with van der Waals surface area (Å²) < 4.78 is 12.7. The van der Waals surface area contributed by atoms with E-state index in [1.165, 1.54) is 29.5 Å². The summed E-state index contributed by atoms with van der Waals surface area (Å²) >= 11 is 1.28. The number of halogens is 1. The fourth-order valence-corrected chi connectivity index (χ4v) is 2.61. The van der Waals surface area contributed by atoms with Crippen LogP contribution in [0.25, 0.3) is 6.08 Å². The average Bonchev–Trinajstić information content (AvgIpc) is 2.79. The molecule has 0 saturated heterocycles. The maximum absolute atomic E-state index is 12.7. The summed E-state index contributed by atoms with van der Waals surface area (Å²) in [6, 6.07) is 7.37. The molecule has 4 nitrogen and oxygen atoms in total. The fraction of sp³-hybridized carbons (Fsp3) is 0.0667. The van der Waals surface area contributed by atoms with Crippen molar-refractivity contribution in [1.29, 1.82) is 0 Å².